The number of hydrogen-bond acceptors (Lipinski definition) is 5. The van der Waals surface area contributed by atoms with Crippen molar-refractivity contribution >= 4 is 11.5 Å². The lowest BCUT2D eigenvalue weighted by molar-refractivity contribution is -0.129. The molecule has 1 aliphatic carbocycles. The summed E-state index contributed by atoms with van der Waals surface area (Å²) >= 11 is 0. The molecule has 1 heterocycles. The Kier molecular flexibility index (Phi) is 2.59. The van der Waals surface area contributed by atoms with Gasteiger partial charge in [-0.15, -0.1) is 0 Å². The molecule has 1 fully saturated rings. The molecule has 3 N–H and O–H groups in total. The lowest BCUT2D eigenvalue weighted by Crippen LogP contribution is -2.57. The molecule has 2 aliphatic rings. The summed E-state index contributed by atoms with van der Waals surface area (Å²) in [6.45, 7) is 3.35. The second-order valence-corrected chi connectivity index (χ2v) is 5.63. The average Bonchev–Trinajstić information content (AvgIpc) is 2.35. The van der Waals surface area contributed by atoms with Crippen molar-refractivity contribution in [3.05, 3.63) is 29.3 Å². The Balaban J connectivity index is 2.28. The highest BCUT2D eigenvalue weighted by molar-refractivity contribution is 6.06. The summed E-state index contributed by atoms with van der Waals surface area (Å²) in [4.78, 5) is 12.2. The fourth-order valence-corrected chi connectivity index (χ4v) is 3.15. The van der Waals surface area contributed by atoms with E-state index >= 15 is 0 Å². The van der Waals surface area contributed by atoms with Gasteiger partial charge in [0.05, 0.1) is 5.57 Å². The van der Waals surface area contributed by atoms with Crippen LogP contribution in [0.5, 0.6) is 11.5 Å². The van der Waals surface area contributed by atoms with Crippen molar-refractivity contribution in [2.75, 3.05) is 0 Å². The molecular formula is C15H16O5. The van der Waals surface area contributed by atoms with Crippen LogP contribution < -0.4 is 4.74 Å². The molecular weight excluding hydrogens is 260 g/mol. The number of aliphatic hydroxyl groups is 2. The molecule has 1 aliphatic heterocycles. The van der Waals surface area contributed by atoms with Gasteiger partial charge in [-0.1, -0.05) is 13.0 Å². The van der Waals surface area contributed by atoms with Crippen LogP contribution in [0.3, 0.4) is 0 Å². The zero-order valence-corrected chi connectivity index (χ0v) is 11.3. The normalized spacial score (nSPS) is 32.5. The van der Waals surface area contributed by atoms with Crippen LogP contribution in [0, 0.1) is 5.92 Å². The molecule has 1 aromatic carbocycles. The van der Waals surface area contributed by atoms with Gasteiger partial charge in [-0.25, -0.2) is 0 Å². The minimum Gasteiger partial charge on any atom is -0.507 e. The summed E-state index contributed by atoms with van der Waals surface area (Å²) in [7, 11) is 0. The number of aliphatic hydroxyl groups excluding tert-OH is 2. The van der Waals surface area contributed by atoms with Gasteiger partial charge in [0.15, 0.2) is 11.4 Å². The molecule has 106 valence electrons. The van der Waals surface area contributed by atoms with E-state index in [1.54, 1.807) is 26.0 Å². The Morgan fingerprint density at radius 2 is 2.05 bits per heavy atom. The topological polar surface area (TPSA) is 87.0 Å². The number of rotatable bonds is 0. The van der Waals surface area contributed by atoms with Gasteiger partial charge in [-0.05, 0) is 25.0 Å². The average molecular weight is 276 g/mol. The van der Waals surface area contributed by atoms with E-state index in [0.29, 0.717) is 0 Å². The SMILES string of the molecule is CC1CC(=O)C2=C(O)c3c(O)cccc3OC2(C)C1O. The largest absolute Gasteiger partial charge is 0.507 e. The Morgan fingerprint density at radius 3 is 2.75 bits per heavy atom. The zero-order chi connectivity index (χ0) is 14.7. The van der Waals surface area contributed by atoms with E-state index in [0.717, 1.165) is 0 Å². The van der Waals surface area contributed by atoms with Crippen LogP contribution in [0.15, 0.2) is 23.8 Å². The van der Waals surface area contributed by atoms with E-state index in [2.05, 4.69) is 0 Å². The molecule has 0 saturated heterocycles. The number of fused-ring (bicyclic) bond motifs is 2. The summed E-state index contributed by atoms with van der Waals surface area (Å²) in [6.07, 6.45) is -0.768. The van der Waals surface area contributed by atoms with Crippen LogP contribution in [0.2, 0.25) is 0 Å². The van der Waals surface area contributed by atoms with Crippen molar-refractivity contribution in [2.24, 2.45) is 5.92 Å². The number of phenolic OH excluding ortho intramolecular Hbond substituents is 1. The van der Waals surface area contributed by atoms with Crippen LogP contribution in [0.1, 0.15) is 25.8 Å². The van der Waals surface area contributed by atoms with Gasteiger partial charge in [0.25, 0.3) is 0 Å². The third kappa shape index (κ3) is 1.50. The number of carbonyl (C=O) groups excluding carboxylic acids is 1. The number of phenols is 1. The van der Waals surface area contributed by atoms with Crippen LogP contribution in [0.25, 0.3) is 5.76 Å². The fourth-order valence-electron chi connectivity index (χ4n) is 3.15. The number of ketones is 1. The van der Waals surface area contributed by atoms with Gasteiger partial charge in [0, 0.05) is 6.42 Å². The van der Waals surface area contributed by atoms with Crippen LogP contribution in [-0.4, -0.2) is 32.8 Å². The molecule has 5 heteroatoms. The molecule has 0 radical (unpaired) electrons. The van der Waals surface area contributed by atoms with E-state index in [-0.39, 0.29) is 46.5 Å². The van der Waals surface area contributed by atoms with E-state index in [4.69, 9.17) is 4.74 Å². The van der Waals surface area contributed by atoms with E-state index in [9.17, 15) is 20.1 Å². The van der Waals surface area contributed by atoms with Crippen LogP contribution in [-0.2, 0) is 4.79 Å². The maximum atomic E-state index is 12.2. The highest BCUT2D eigenvalue weighted by Gasteiger charge is 2.53. The van der Waals surface area contributed by atoms with Crippen molar-refractivity contribution < 1.29 is 24.9 Å². The third-order valence-electron chi connectivity index (χ3n) is 4.19. The minimum atomic E-state index is -1.29. The first-order valence-corrected chi connectivity index (χ1v) is 6.52. The first kappa shape index (κ1) is 13.0. The van der Waals surface area contributed by atoms with Crippen LogP contribution >= 0.6 is 0 Å². The third-order valence-corrected chi connectivity index (χ3v) is 4.19. The number of Topliss-reactive ketones (excluding diaryl/α,β-unsaturated/α-hetero) is 1. The standard InChI is InChI=1S/C15H16O5/c1-7-6-9(17)12-13(18)11-8(16)4-3-5-10(11)20-15(12,2)14(7)19/h3-5,7,14,16,18-19H,6H2,1-2H3. The summed E-state index contributed by atoms with van der Waals surface area (Å²) < 4.78 is 5.78. The quantitative estimate of drug-likeness (QED) is 0.672. The lowest BCUT2D eigenvalue weighted by Gasteiger charge is -2.45. The molecule has 0 aromatic heterocycles. The van der Waals surface area contributed by atoms with Crippen LogP contribution in [0.4, 0.5) is 0 Å². The van der Waals surface area contributed by atoms with E-state index in [1.807, 2.05) is 0 Å². The molecule has 5 nitrogen and oxygen atoms in total. The minimum absolute atomic E-state index is 0.0390. The van der Waals surface area contributed by atoms with Crippen molar-refractivity contribution in [3.63, 3.8) is 0 Å². The lowest BCUT2D eigenvalue weighted by atomic mass is 9.71. The molecule has 20 heavy (non-hydrogen) atoms. The summed E-state index contributed by atoms with van der Waals surface area (Å²) in [5, 5.41) is 30.6. The Labute approximate surface area is 116 Å². The summed E-state index contributed by atoms with van der Waals surface area (Å²) in [5.41, 5.74) is -1.15. The second-order valence-electron chi connectivity index (χ2n) is 5.63. The smallest absolute Gasteiger partial charge is 0.167 e. The number of aromatic hydroxyl groups is 1. The number of benzene rings is 1. The summed E-state index contributed by atoms with van der Waals surface area (Å²) in [6, 6.07) is 4.58. The predicted octanol–water partition coefficient (Wildman–Crippen LogP) is 1.78. The maximum Gasteiger partial charge on any atom is 0.167 e. The molecule has 0 amide bonds. The van der Waals surface area contributed by atoms with E-state index < -0.39 is 11.7 Å². The zero-order valence-electron chi connectivity index (χ0n) is 11.3. The first-order chi connectivity index (χ1) is 9.36. The van der Waals surface area contributed by atoms with Crippen molar-refractivity contribution in [1.29, 1.82) is 0 Å². The van der Waals surface area contributed by atoms with Gasteiger partial charge in [-0.2, -0.15) is 0 Å². The number of ether oxygens (including phenoxy) is 1. The van der Waals surface area contributed by atoms with Crippen molar-refractivity contribution in [3.8, 4) is 11.5 Å². The molecule has 3 rings (SSSR count). The highest BCUT2D eigenvalue weighted by atomic mass is 16.5. The highest BCUT2D eigenvalue weighted by Crippen LogP contribution is 2.48. The van der Waals surface area contributed by atoms with Gasteiger partial charge < -0.3 is 20.1 Å². The molecule has 3 atom stereocenters. The maximum absolute atomic E-state index is 12.2. The van der Waals surface area contributed by atoms with Gasteiger partial charge >= 0.3 is 0 Å². The number of hydrogen-bond donors (Lipinski definition) is 3. The Morgan fingerprint density at radius 1 is 1.35 bits per heavy atom. The first-order valence-electron chi connectivity index (χ1n) is 6.52. The Bertz CT molecular complexity index is 633. The van der Waals surface area contributed by atoms with Gasteiger partial charge in [-0.3, -0.25) is 4.79 Å². The molecule has 1 aromatic rings. The molecule has 3 unspecified atom stereocenters. The van der Waals surface area contributed by atoms with E-state index in [1.165, 1.54) is 6.07 Å². The van der Waals surface area contributed by atoms with Crippen molar-refractivity contribution in [1.82, 2.24) is 0 Å². The predicted molar refractivity (Wildman–Crippen MR) is 71.5 cm³/mol. The summed E-state index contributed by atoms with van der Waals surface area (Å²) in [5.74, 6) is -0.729. The Hall–Kier alpha value is -2.01. The van der Waals surface area contributed by atoms with Gasteiger partial charge in [0.1, 0.15) is 28.9 Å². The molecule has 0 bridgehead atoms. The number of carbonyl (C=O) groups is 1. The molecule has 0 spiro atoms. The van der Waals surface area contributed by atoms with Gasteiger partial charge in [0.2, 0.25) is 0 Å². The monoisotopic (exact) mass is 276 g/mol. The fraction of sp³-hybridized carbons (Fsp3) is 0.400. The second kappa shape index (κ2) is 3.99. The molecule has 1 saturated carbocycles. The van der Waals surface area contributed by atoms with Crippen molar-refractivity contribution in [2.45, 2.75) is 32.0 Å².